The fourth-order valence-electron chi connectivity index (χ4n) is 1.34. The molecule has 2 aromatic rings. The van der Waals surface area contributed by atoms with Gasteiger partial charge in [-0.2, -0.15) is 0 Å². The van der Waals surface area contributed by atoms with Crippen molar-refractivity contribution in [2.45, 2.75) is 20.8 Å². The molecule has 2 rings (SSSR count). The van der Waals surface area contributed by atoms with Gasteiger partial charge in [0.05, 0.1) is 0 Å². The average molecular weight is 251 g/mol. The Balaban J connectivity index is 0.000000461. The fraction of sp³-hybridized carbons (Fsp3) is 0.231. The van der Waals surface area contributed by atoms with E-state index >= 15 is 0 Å². The lowest BCUT2D eigenvalue weighted by atomic mass is 10.1. The van der Waals surface area contributed by atoms with Crippen LogP contribution >= 0.6 is 15.9 Å². The molecule has 74 valence electrons. The third kappa shape index (κ3) is 2.16. The maximum Gasteiger partial charge on any atom is 0.0282 e. The van der Waals surface area contributed by atoms with Crippen LogP contribution in [-0.2, 0) is 0 Å². The summed E-state index contributed by atoms with van der Waals surface area (Å²) in [7, 11) is 0. The van der Waals surface area contributed by atoms with Crippen molar-refractivity contribution in [3.8, 4) is 0 Å². The van der Waals surface area contributed by atoms with E-state index < -0.39 is 0 Å². The number of rotatable bonds is 0. The Labute approximate surface area is 94.1 Å². The first-order valence-corrected chi connectivity index (χ1v) is 5.72. The molecular weight excluding hydrogens is 236 g/mol. The van der Waals surface area contributed by atoms with Gasteiger partial charge in [0.25, 0.3) is 0 Å². The molecule has 0 aliphatic carbocycles. The second kappa shape index (κ2) is 5.16. The maximum absolute atomic E-state index is 3.58. The van der Waals surface area contributed by atoms with Crippen LogP contribution in [0.15, 0.2) is 40.9 Å². The molecule has 0 unspecified atom stereocenters. The fourth-order valence-corrected chi connectivity index (χ4v) is 1.84. The van der Waals surface area contributed by atoms with Crippen molar-refractivity contribution in [1.82, 2.24) is 0 Å². The molecule has 0 amide bonds. The van der Waals surface area contributed by atoms with Crippen LogP contribution in [-0.4, -0.2) is 0 Å². The maximum atomic E-state index is 3.58. The number of fused-ring (bicyclic) bond motifs is 1. The molecule has 0 heterocycles. The highest BCUT2D eigenvalue weighted by molar-refractivity contribution is 9.10. The number of hydrogen-bond donors (Lipinski definition) is 0. The highest BCUT2D eigenvalue weighted by Gasteiger charge is 1.98. The molecule has 0 bridgehead atoms. The van der Waals surface area contributed by atoms with E-state index in [9.17, 15) is 0 Å². The average Bonchev–Trinajstić information content (AvgIpc) is 2.27. The lowest BCUT2D eigenvalue weighted by Crippen LogP contribution is -1.78. The van der Waals surface area contributed by atoms with E-state index in [4.69, 9.17) is 0 Å². The predicted molar refractivity (Wildman–Crippen MR) is 67.7 cm³/mol. The lowest BCUT2D eigenvalue weighted by molar-refractivity contribution is 1.47. The van der Waals surface area contributed by atoms with E-state index in [1.165, 1.54) is 20.8 Å². The summed E-state index contributed by atoms with van der Waals surface area (Å²) in [6, 6.07) is 12.7. The van der Waals surface area contributed by atoms with Crippen molar-refractivity contribution in [3.05, 3.63) is 46.4 Å². The Morgan fingerprint density at radius 2 is 1.57 bits per heavy atom. The summed E-state index contributed by atoms with van der Waals surface area (Å²) in [6.45, 7) is 6.11. The summed E-state index contributed by atoms with van der Waals surface area (Å²) in [4.78, 5) is 0. The number of benzene rings is 2. The Morgan fingerprint density at radius 3 is 2.29 bits per heavy atom. The molecule has 1 heteroatoms. The number of halogens is 1. The summed E-state index contributed by atoms with van der Waals surface area (Å²) < 4.78 is 1.21. The molecule has 0 radical (unpaired) electrons. The van der Waals surface area contributed by atoms with Crippen molar-refractivity contribution in [2.75, 3.05) is 0 Å². The van der Waals surface area contributed by atoms with Gasteiger partial charge in [0.2, 0.25) is 0 Å². The van der Waals surface area contributed by atoms with Gasteiger partial charge in [0.15, 0.2) is 0 Å². The Hall–Kier alpha value is -0.820. The minimum absolute atomic E-state index is 1.21. The van der Waals surface area contributed by atoms with E-state index in [0.29, 0.717) is 0 Å². The van der Waals surface area contributed by atoms with Crippen LogP contribution < -0.4 is 0 Å². The first-order valence-electron chi connectivity index (χ1n) is 4.93. The standard InChI is InChI=1S/C11H9Br.C2H6/c1-8-6-7-9-4-2-3-5-10(9)11(8)12;1-2/h2-7H,1H3;1-2H3. The molecule has 0 aliphatic heterocycles. The van der Waals surface area contributed by atoms with Crippen molar-refractivity contribution < 1.29 is 0 Å². The van der Waals surface area contributed by atoms with Gasteiger partial charge in [-0.15, -0.1) is 0 Å². The molecule has 0 nitrogen and oxygen atoms in total. The van der Waals surface area contributed by atoms with E-state index in [1.54, 1.807) is 0 Å². The van der Waals surface area contributed by atoms with E-state index in [-0.39, 0.29) is 0 Å². The molecule has 0 aliphatic rings. The van der Waals surface area contributed by atoms with Gasteiger partial charge in [-0.05, 0) is 39.2 Å². The largest absolute Gasteiger partial charge is 0.0683 e. The van der Waals surface area contributed by atoms with Crippen LogP contribution in [0, 0.1) is 6.92 Å². The van der Waals surface area contributed by atoms with Crippen LogP contribution in [0.2, 0.25) is 0 Å². The van der Waals surface area contributed by atoms with Crippen molar-refractivity contribution in [2.24, 2.45) is 0 Å². The van der Waals surface area contributed by atoms with Crippen LogP contribution in [0.1, 0.15) is 19.4 Å². The summed E-state index contributed by atoms with van der Waals surface area (Å²) in [5, 5.41) is 2.58. The summed E-state index contributed by atoms with van der Waals surface area (Å²) in [5.74, 6) is 0. The van der Waals surface area contributed by atoms with Gasteiger partial charge in [-0.1, -0.05) is 50.2 Å². The topological polar surface area (TPSA) is 0 Å². The van der Waals surface area contributed by atoms with E-state index in [2.05, 4.69) is 59.3 Å². The first kappa shape index (κ1) is 11.3. The van der Waals surface area contributed by atoms with Crippen LogP contribution in [0.4, 0.5) is 0 Å². The molecule has 14 heavy (non-hydrogen) atoms. The Kier molecular flexibility index (Phi) is 4.15. The molecule has 0 saturated carbocycles. The molecule has 0 aromatic heterocycles. The third-order valence-electron chi connectivity index (χ3n) is 2.06. The van der Waals surface area contributed by atoms with Crippen LogP contribution in [0.3, 0.4) is 0 Å². The van der Waals surface area contributed by atoms with Crippen LogP contribution in [0.5, 0.6) is 0 Å². The molecule has 0 fully saturated rings. The highest BCUT2D eigenvalue weighted by Crippen LogP contribution is 2.26. The molecule has 0 saturated heterocycles. The molecule has 0 atom stereocenters. The zero-order valence-electron chi connectivity index (χ0n) is 8.84. The highest BCUT2D eigenvalue weighted by atomic mass is 79.9. The Morgan fingerprint density at radius 1 is 0.929 bits per heavy atom. The smallest absolute Gasteiger partial charge is 0.0282 e. The van der Waals surface area contributed by atoms with Crippen molar-refractivity contribution >= 4 is 26.7 Å². The van der Waals surface area contributed by atoms with E-state index in [1.807, 2.05) is 13.8 Å². The lowest BCUT2D eigenvalue weighted by Gasteiger charge is -2.02. The molecule has 0 N–H and O–H groups in total. The second-order valence-corrected chi connectivity index (χ2v) is 3.71. The van der Waals surface area contributed by atoms with E-state index in [0.717, 1.165) is 0 Å². The quantitative estimate of drug-likeness (QED) is 0.622. The third-order valence-corrected chi connectivity index (χ3v) is 3.11. The first-order chi connectivity index (χ1) is 6.79. The molecule has 2 aromatic carbocycles. The van der Waals surface area contributed by atoms with Gasteiger partial charge < -0.3 is 0 Å². The van der Waals surface area contributed by atoms with Crippen molar-refractivity contribution in [3.63, 3.8) is 0 Å². The van der Waals surface area contributed by atoms with Gasteiger partial charge in [0, 0.05) is 4.47 Å². The number of hydrogen-bond acceptors (Lipinski definition) is 0. The van der Waals surface area contributed by atoms with Gasteiger partial charge >= 0.3 is 0 Å². The molecular formula is C13H15Br. The summed E-state index contributed by atoms with van der Waals surface area (Å²) in [5.41, 5.74) is 1.29. The molecule has 0 spiro atoms. The minimum atomic E-state index is 1.21. The zero-order valence-corrected chi connectivity index (χ0v) is 10.4. The predicted octanol–water partition coefficient (Wildman–Crippen LogP) is 4.94. The van der Waals surface area contributed by atoms with Gasteiger partial charge in [-0.25, -0.2) is 0 Å². The normalized spacial score (nSPS) is 9.43. The minimum Gasteiger partial charge on any atom is -0.0683 e. The van der Waals surface area contributed by atoms with Crippen molar-refractivity contribution in [1.29, 1.82) is 0 Å². The van der Waals surface area contributed by atoms with Gasteiger partial charge in [0.1, 0.15) is 0 Å². The zero-order chi connectivity index (χ0) is 10.6. The summed E-state index contributed by atoms with van der Waals surface area (Å²) in [6.07, 6.45) is 0. The number of aryl methyl sites for hydroxylation is 1. The van der Waals surface area contributed by atoms with Crippen LogP contribution in [0.25, 0.3) is 10.8 Å². The summed E-state index contributed by atoms with van der Waals surface area (Å²) >= 11 is 3.58. The monoisotopic (exact) mass is 250 g/mol. The Bertz CT molecular complexity index is 419. The van der Waals surface area contributed by atoms with Gasteiger partial charge in [-0.3, -0.25) is 0 Å². The SMILES string of the molecule is CC.Cc1ccc2ccccc2c1Br. The second-order valence-electron chi connectivity index (χ2n) is 2.92.